The van der Waals surface area contributed by atoms with Gasteiger partial charge in [-0.1, -0.05) is 79.6 Å². The van der Waals surface area contributed by atoms with E-state index in [9.17, 15) is 18.0 Å². The van der Waals surface area contributed by atoms with Crippen molar-refractivity contribution in [1.29, 1.82) is 0 Å². The maximum atomic E-state index is 14.1. The molecule has 236 valence electrons. The number of hydrogen-bond donors (Lipinski definition) is 1. The van der Waals surface area contributed by atoms with Crippen molar-refractivity contribution in [3.05, 3.63) is 95.6 Å². The average Bonchev–Trinajstić information content (AvgIpc) is 3.51. The molecule has 44 heavy (non-hydrogen) atoms. The van der Waals surface area contributed by atoms with Crippen LogP contribution in [0.5, 0.6) is 5.75 Å². The zero-order valence-corrected chi connectivity index (χ0v) is 26.9. The minimum Gasteiger partial charge on any atom is -0.492 e. The second kappa shape index (κ2) is 15.7. The van der Waals surface area contributed by atoms with Crippen LogP contribution in [-0.4, -0.2) is 56.6 Å². The van der Waals surface area contributed by atoms with Gasteiger partial charge >= 0.3 is 0 Å². The number of nitrogens with zero attached hydrogens (tertiary/aromatic N) is 2. The summed E-state index contributed by atoms with van der Waals surface area (Å²) in [6.45, 7) is 4.63. The molecule has 0 unspecified atom stereocenters. The number of anilines is 1. The molecule has 0 aliphatic heterocycles. The SMILES string of the molecule is CCOc1ccccc1N(CCCC(=O)N(Cc1ccccc1C)[C@H](Cc1ccccc1)C(=O)NC1CCCC1)S(C)(=O)=O. The summed E-state index contributed by atoms with van der Waals surface area (Å²) in [6.07, 6.45) is 5.96. The van der Waals surface area contributed by atoms with Gasteiger partial charge in [0, 0.05) is 32.0 Å². The van der Waals surface area contributed by atoms with E-state index in [0.29, 0.717) is 24.5 Å². The standard InChI is InChI=1S/C35H45N3O5S/c1-4-43-33-22-13-12-21-31(33)38(44(3,41)42)24-14-23-34(39)37(26-29-18-9-8-15-27(29)2)32(25-28-16-6-5-7-17-28)35(40)36-30-19-10-11-20-30/h5-9,12-13,15-18,21-22,30,32H,4,10-11,14,19-20,23-26H2,1-3H3,(H,36,40)/t32-/m1/s1. The van der Waals surface area contributed by atoms with E-state index in [4.69, 9.17) is 4.74 Å². The molecule has 4 rings (SSSR count). The van der Waals surface area contributed by atoms with Crippen LogP contribution in [0.15, 0.2) is 78.9 Å². The minimum absolute atomic E-state index is 0.0801. The van der Waals surface area contributed by atoms with Crippen molar-refractivity contribution in [3.8, 4) is 5.75 Å². The van der Waals surface area contributed by atoms with Crippen molar-refractivity contribution in [3.63, 3.8) is 0 Å². The fourth-order valence-corrected chi connectivity index (χ4v) is 6.78. The number of para-hydroxylation sites is 2. The van der Waals surface area contributed by atoms with Crippen LogP contribution < -0.4 is 14.4 Å². The fraction of sp³-hybridized carbons (Fsp3) is 0.429. The molecule has 9 heteroatoms. The van der Waals surface area contributed by atoms with Gasteiger partial charge in [0.1, 0.15) is 11.8 Å². The van der Waals surface area contributed by atoms with Gasteiger partial charge in [0.15, 0.2) is 0 Å². The summed E-state index contributed by atoms with van der Waals surface area (Å²) < 4.78 is 32.7. The number of aryl methyl sites for hydroxylation is 1. The number of benzene rings is 3. The lowest BCUT2D eigenvalue weighted by Crippen LogP contribution is -2.52. The van der Waals surface area contributed by atoms with Gasteiger partial charge in [-0.3, -0.25) is 13.9 Å². The van der Waals surface area contributed by atoms with Gasteiger partial charge in [0.2, 0.25) is 21.8 Å². The Bertz CT molecular complexity index is 1490. The maximum absolute atomic E-state index is 14.1. The predicted molar refractivity (Wildman–Crippen MR) is 175 cm³/mol. The van der Waals surface area contributed by atoms with Gasteiger partial charge in [0.05, 0.1) is 18.6 Å². The molecule has 1 atom stereocenters. The number of carbonyl (C=O) groups excluding carboxylic acids is 2. The minimum atomic E-state index is -3.65. The average molecular weight is 620 g/mol. The molecule has 3 aromatic rings. The topological polar surface area (TPSA) is 96.0 Å². The summed E-state index contributed by atoms with van der Waals surface area (Å²) in [4.78, 5) is 29.7. The third-order valence-electron chi connectivity index (χ3n) is 8.16. The Hall–Kier alpha value is -3.85. The van der Waals surface area contributed by atoms with Gasteiger partial charge in [-0.25, -0.2) is 8.42 Å². The van der Waals surface area contributed by atoms with Crippen molar-refractivity contribution in [2.45, 2.75) is 77.4 Å². The van der Waals surface area contributed by atoms with E-state index in [2.05, 4.69) is 5.32 Å². The van der Waals surface area contributed by atoms with Crippen molar-refractivity contribution in [2.24, 2.45) is 0 Å². The molecule has 0 heterocycles. The second-order valence-electron chi connectivity index (χ2n) is 11.5. The van der Waals surface area contributed by atoms with Crippen LogP contribution >= 0.6 is 0 Å². The highest BCUT2D eigenvalue weighted by Gasteiger charge is 2.32. The molecule has 1 N–H and O–H groups in total. The highest BCUT2D eigenvalue weighted by atomic mass is 32.2. The van der Waals surface area contributed by atoms with Gasteiger partial charge in [-0.05, 0) is 61.9 Å². The quantitative estimate of drug-likeness (QED) is 0.238. The molecule has 2 amide bonds. The normalized spacial score (nSPS) is 14.2. The summed E-state index contributed by atoms with van der Waals surface area (Å²) in [5.41, 5.74) is 3.42. The Morgan fingerprint density at radius 3 is 2.30 bits per heavy atom. The number of hydrogen-bond acceptors (Lipinski definition) is 5. The van der Waals surface area contributed by atoms with Gasteiger partial charge in [-0.2, -0.15) is 0 Å². The monoisotopic (exact) mass is 619 g/mol. The van der Waals surface area contributed by atoms with Crippen LogP contribution in [0, 0.1) is 6.92 Å². The van der Waals surface area contributed by atoms with Crippen LogP contribution in [-0.2, 0) is 32.6 Å². The molecule has 0 aromatic heterocycles. The number of rotatable bonds is 15. The first-order valence-corrected chi connectivity index (χ1v) is 17.4. The van der Waals surface area contributed by atoms with Crippen LogP contribution in [0.25, 0.3) is 0 Å². The molecule has 1 aliphatic carbocycles. The van der Waals surface area contributed by atoms with E-state index in [-0.39, 0.29) is 43.8 Å². The first kappa shape index (κ1) is 33.1. The van der Waals surface area contributed by atoms with E-state index >= 15 is 0 Å². The summed E-state index contributed by atoms with van der Waals surface area (Å²) >= 11 is 0. The summed E-state index contributed by atoms with van der Waals surface area (Å²) in [5.74, 6) is 0.132. The van der Waals surface area contributed by atoms with Gasteiger partial charge < -0.3 is 15.0 Å². The van der Waals surface area contributed by atoms with Crippen molar-refractivity contribution < 1.29 is 22.7 Å². The lowest BCUT2D eigenvalue weighted by molar-refractivity contribution is -0.141. The molecular formula is C35H45N3O5S. The van der Waals surface area contributed by atoms with E-state index in [0.717, 1.165) is 48.6 Å². The number of amides is 2. The highest BCUT2D eigenvalue weighted by Crippen LogP contribution is 2.30. The second-order valence-corrected chi connectivity index (χ2v) is 13.4. The summed E-state index contributed by atoms with van der Waals surface area (Å²) in [7, 11) is -3.65. The molecule has 1 aliphatic rings. The van der Waals surface area contributed by atoms with E-state index < -0.39 is 16.1 Å². The Balaban J connectivity index is 1.60. The van der Waals surface area contributed by atoms with Crippen LogP contribution in [0.1, 0.15) is 62.1 Å². The van der Waals surface area contributed by atoms with Gasteiger partial charge in [-0.15, -0.1) is 0 Å². The zero-order valence-electron chi connectivity index (χ0n) is 26.1. The third kappa shape index (κ3) is 9.08. The number of carbonyl (C=O) groups is 2. The van der Waals surface area contributed by atoms with Crippen LogP contribution in [0.4, 0.5) is 5.69 Å². The fourth-order valence-electron chi connectivity index (χ4n) is 5.82. The highest BCUT2D eigenvalue weighted by molar-refractivity contribution is 7.92. The zero-order chi connectivity index (χ0) is 31.5. The first-order chi connectivity index (χ1) is 21.2. The lowest BCUT2D eigenvalue weighted by Gasteiger charge is -2.33. The Morgan fingerprint density at radius 2 is 1.61 bits per heavy atom. The number of nitrogens with one attached hydrogen (secondary N) is 1. The Morgan fingerprint density at radius 1 is 0.955 bits per heavy atom. The molecule has 1 fully saturated rings. The third-order valence-corrected chi connectivity index (χ3v) is 9.34. The molecule has 1 saturated carbocycles. The molecule has 0 spiro atoms. The van der Waals surface area contributed by atoms with E-state index in [1.54, 1.807) is 29.2 Å². The van der Waals surface area contributed by atoms with E-state index in [1.165, 1.54) is 4.31 Å². The lowest BCUT2D eigenvalue weighted by atomic mass is 10.0. The van der Waals surface area contributed by atoms with Crippen molar-refractivity contribution in [1.82, 2.24) is 10.2 Å². The number of ether oxygens (including phenoxy) is 1. The molecule has 0 saturated heterocycles. The van der Waals surface area contributed by atoms with Crippen LogP contribution in [0.3, 0.4) is 0 Å². The Kier molecular flexibility index (Phi) is 11.8. The molecule has 8 nitrogen and oxygen atoms in total. The molecule has 0 radical (unpaired) electrons. The van der Waals surface area contributed by atoms with Crippen molar-refractivity contribution >= 4 is 27.5 Å². The number of sulfonamides is 1. The smallest absolute Gasteiger partial charge is 0.243 e. The largest absolute Gasteiger partial charge is 0.492 e. The predicted octanol–water partition coefficient (Wildman–Crippen LogP) is 5.64. The summed E-state index contributed by atoms with van der Waals surface area (Å²) in [5, 5.41) is 3.23. The molecule has 3 aromatic carbocycles. The first-order valence-electron chi connectivity index (χ1n) is 15.5. The van der Waals surface area contributed by atoms with E-state index in [1.807, 2.05) is 68.4 Å². The Labute approximate surface area is 262 Å². The summed E-state index contributed by atoms with van der Waals surface area (Å²) in [6, 6.07) is 24.1. The van der Waals surface area contributed by atoms with Crippen LogP contribution in [0.2, 0.25) is 0 Å². The van der Waals surface area contributed by atoms with Crippen molar-refractivity contribution in [2.75, 3.05) is 23.7 Å². The maximum Gasteiger partial charge on any atom is 0.243 e. The molecular weight excluding hydrogens is 574 g/mol. The van der Waals surface area contributed by atoms with Gasteiger partial charge in [0.25, 0.3) is 0 Å². The molecule has 0 bridgehead atoms.